The minimum atomic E-state index is -1.58. The van der Waals surface area contributed by atoms with Crippen molar-refractivity contribution in [1.29, 1.82) is 0 Å². The van der Waals surface area contributed by atoms with Crippen LogP contribution in [-0.2, 0) is 4.74 Å². The maximum absolute atomic E-state index is 12.8. The van der Waals surface area contributed by atoms with Gasteiger partial charge in [-0.2, -0.15) is 0 Å². The summed E-state index contributed by atoms with van der Waals surface area (Å²) in [5.41, 5.74) is 0.382. The third-order valence-corrected chi connectivity index (χ3v) is 5.67. The summed E-state index contributed by atoms with van der Waals surface area (Å²) in [6.07, 6.45) is -3.34. The minimum absolute atomic E-state index is 0.154. The molecule has 2 heterocycles. The molecule has 3 aromatic rings. The Hall–Kier alpha value is -3.05. The van der Waals surface area contributed by atoms with E-state index in [0.717, 1.165) is 0 Å². The summed E-state index contributed by atoms with van der Waals surface area (Å²) in [4.78, 5) is 25.1. The van der Waals surface area contributed by atoms with Gasteiger partial charge >= 0.3 is 0 Å². The first-order valence-electron chi connectivity index (χ1n) is 10.3. The fourth-order valence-electron chi connectivity index (χ4n) is 3.49. The number of carbonyl (C=O) groups excluding carboxylic acids is 1. The van der Waals surface area contributed by atoms with Gasteiger partial charge in [-0.3, -0.25) is 9.59 Å². The number of benzene rings is 2. The monoisotopic (exact) mass is 488 g/mol. The van der Waals surface area contributed by atoms with Crippen LogP contribution in [-0.4, -0.2) is 63.5 Å². The molecule has 1 aliphatic rings. The lowest BCUT2D eigenvalue weighted by atomic mass is 9.99. The highest BCUT2D eigenvalue weighted by molar-refractivity contribution is 6.30. The second-order valence-electron chi connectivity index (χ2n) is 7.70. The smallest absolute Gasteiger partial charge is 0.229 e. The van der Waals surface area contributed by atoms with Gasteiger partial charge in [-0.05, 0) is 48.6 Å². The van der Waals surface area contributed by atoms with Crippen molar-refractivity contribution in [1.82, 2.24) is 0 Å². The molecule has 9 nitrogen and oxygen atoms in total. The van der Waals surface area contributed by atoms with Gasteiger partial charge in [-0.25, -0.2) is 0 Å². The zero-order valence-electron chi connectivity index (χ0n) is 17.6. The average Bonchev–Trinajstić information content (AvgIpc) is 2.84. The van der Waals surface area contributed by atoms with Crippen molar-refractivity contribution in [2.45, 2.75) is 30.7 Å². The van der Waals surface area contributed by atoms with Gasteiger partial charge in [0.05, 0.1) is 17.6 Å². The maximum Gasteiger partial charge on any atom is 0.229 e. The van der Waals surface area contributed by atoms with Crippen molar-refractivity contribution >= 4 is 34.4 Å². The van der Waals surface area contributed by atoms with Crippen LogP contribution in [0.25, 0.3) is 17.0 Å². The highest BCUT2D eigenvalue weighted by Crippen LogP contribution is 2.26. The van der Waals surface area contributed by atoms with Crippen molar-refractivity contribution in [3.8, 4) is 5.75 Å². The molecular formula is C24H21ClO9. The highest BCUT2D eigenvalue weighted by Gasteiger charge is 2.44. The van der Waals surface area contributed by atoms with Crippen molar-refractivity contribution in [2.24, 2.45) is 0 Å². The van der Waals surface area contributed by atoms with E-state index in [9.17, 15) is 30.0 Å². The Balaban J connectivity index is 1.53. The Labute approximate surface area is 198 Å². The molecule has 0 saturated carbocycles. The number of halogens is 1. The lowest BCUT2D eigenvalue weighted by Gasteiger charge is -2.39. The first-order valence-corrected chi connectivity index (χ1v) is 10.7. The number of ether oxygens (including phenoxy) is 2. The summed E-state index contributed by atoms with van der Waals surface area (Å²) >= 11 is 5.82. The topological polar surface area (TPSA) is 147 Å². The predicted molar refractivity (Wildman–Crippen MR) is 122 cm³/mol. The van der Waals surface area contributed by atoms with E-state index in [1.54, 1.807) is 24.3 Å². The summed E-state index contributed by atoms with van der Waals surface area (Å²) in [5, 5.41) is 39.9. The molecule has 1 aliphatic heterocycles. The van der Waals surface area contributed by atoms with Crippen molar-refractivity contribution in [3.63, 3.8) is 0 Å². The number of fused-ring (bicyclic) bond motifs is 1. The number of allylic oxidation sites excluding steroid dienone is 1. The molecule has 4 N–H and O–H groups in total. The third kappa shape index (κ3) is 4.90. The van der Waals surface area contributed by atoms with Gasteiger partial charge in [0.15, 0.2) is 11.2 Å². The number of rotatable bonds is 6. The van der Waals surface area contributed by atoms with Gasteiger partial charge in [-0.15, -0.1) is 0 Å². The standard InChI is InChI=1S/C24H21ClO9/c25-14-4-1-12(2-5-14)17(27)8-3-13-11-32-18-9-15(6-7-16(18)20(13)28)33-24-23(31)22(30)21(29)19(10-26)34-24/h1-9,11,19,21-24,26,29-31H,10H2/b8-3+/t19-,21-,22+,23-,24-/m1/s1. The lowest BCUT2D eigenvalue weighted by molar-refractivity contribution is -0.277. The van der Waals surface area contributed by atoms with Crippen molar-refractivity contribution in [3.05, 3.63) is 81.2 Å². The predicted octanol–water partition coefficient (Wildman–Crippen LogP) is 1.52. The summed E-state index contributed by atoms with van der Waals surface area (Å²) in [6, 6.07) is 10.6. The quantitative estimate of drug-likeness (QED) is 0.299. The van der Waals surface area contributed by atoms with Gasteiger partial charge < -0.3 is 34.3 Å². The minimum Gasteiger partial charge on any atom is -0.463 e. The SMILES string of the molecule is O=C(/C=C/c1coc2cc(O[C@@H]3O[C@H](CO)[C@@H](O)[C@H](O)[C@H]3O)ccc2c1=O)c1ccc(Cl)cc1. The fourth-order valence-corrected chi connectivity index (χ4v) is 3.61. The molecule has 178 valence electrons. The van der Waals surface area contributed by atoms with Gasteiger partial charge in [0.1, 0.15) is 42.0 Å². The van der Waals surface area contributed by atoms with E-state index in [4.69, 9.17) is 25.5 Å². The Morgan fingerprint density at radius 2 is 1.79 bits per heavy atom. The number of hydrogen-bond acceptors (Lipinski definition) is 9. The molecule has 0 spiro atoms. The number of aliphatic hydroxyl groups excluding tert-OH is 4. The molecule has 0 bridgehead atoms. The Morgan fingerprint density at radius 1 is 1.06 bits per heavy atom. The van der Waals surface area contributed by atoms with Crippen LogP contribution < -0.4 is 10.2 Å². The van der Waals surface area contributed by atoms with Crippen LogP contribution in [0.4, 0.5) is 0 Å². The summed E-state index contributed by atoms with van der Waals surface area (Å²) in [7, 11) is 0. The second-order valence-corrected chi connectivity index (χ2v) is 8.13. The average molecular weight is 489 g/mol. The van der Waals surface area contributed by atoms with E-state index in [2.05, 4.69) is 0 Å². The van der Waals surface area contributed by atoms with E-state index in [-0.39, 0.29) is 33.5 Å². The molecule has 5 atom stereocenters. The summed E-state index contributed by atoms with van der Waals surface area (Å²) in [5.74, 6) is -0.152. The van der Waals surface area contributed by atoms with E-state index >= 15 is 0 Å². The molecular weight excluding hydrogens is 468 g/mol. The largest absolute Gasteiger partial charge is 0.463 e. The summed E-state index contributed by atoms with van der Waals surface area (Å²) < 4.78 is 16.4. The van der Waals surface area contributed by atoms with Crippen LogP contribution in [0.1, 0.15) is 15.9 Å². The van der Waals surface area contributed by atoms with Crippen LogP contribution >= 0.6 is 11.6 Å². The molecule has 0 unspecified atom stereocenters. The lowest BCUT2D eigenvalue weighted by Crippen LogP contribution is -2.60. The molecule has 34 heavy (non-hydrogen) atoms. The van der Waals surface area contributed by atoms with E-state index in [1.165, 1.54) is 36.6 Å². The molecule has 1 aromatic heterocycles. The molecule has 1 saturated heterocycles. The fraction of sp³-hybridized carbons (Fsp3) is 0.250. The number of ketones is 1. The number of carbonyl (C=O) groups is 1. The van der Waals surface area contributed by atoms with Crippen molar-refractivity contribution in [2.75, 3.05) is 6.61 Å². The van der Waals surface area contributed by atoms with Crippen LogP contribution in [0.2, 0.25) is 5.02 Å². The first kappa shape index (κ1) is 24.1. The molecule has 10 heteroatoms. The molecule has 0 amide bonds. The highest BCUT2D eigenvalue weighted by atomic mass is 35.5. The third-order valence-electron chi connectivity index (χ3n) is 5.42. The molecule has 1 fully saturated rings. The molecule has 2 aromatic carbocycles. The van der Waals surface area contributed by atoms with Gasteiger partial charge in [0.25, 0.3) is 0 Å². The number of hydrogen-bond donors (Lipinski definition) is 4. The van der Waals surface area contributed by atoms with E-state index in [0.29, 0.717) is 10.6 Å². The van der Waals surface area contributed by atoms with Crippen molar-refractivity contribution < 1.29 is 39.1 Å². The van der Waals surface area contributed by atoms with E-state index < -0.39 is 37.3 Å². The zero-order valence-corrected chi connectivity index (χ0v) is 18.3. The first-order chi connectivity index (χ1) is 16.3. The van der Waals surface area contributed by atoms with Crippen LogP contribution in [0, 0.1) is 0 Å². The Morgan fingerprint density at radius 3 is 2.50 bits per heavy atom. The Kier molecular flexibility index (Phi) is 7.13. The molecule has 0 radical (unpaired) electrons. The second kappa shape index (κ2) is 10.1. The molecule has 0 aliphatic carbocycles. The Bertz CT molecular complexity index is 1270. The van der Waals surface area contributed by atoms with Crippen LogP contribution in [0.5, 0.6) is 5.75 Å². The number of aliphatic hydroxyl groups is 4. The van der Waals surface area contributed by atoms with Crippen LogP contribution in [0.3, 0.4) is 0 Å². The van der Waals surface area contributed by atoms with Crippen LogP contribution in [0.15, 0.2) is 64.0 Å². The normalized spacial score (nSPS) is 25.0. The van der Waals surface area contributed by atoms with Gasteiger partial charge in [-0.1, -0.05) is 11.6 Å². The molecule has 4 rings (SSSR count). The zero-order chi connectivity index (χ0) is 24.4. The van der Waals surface area contributed by atoms with Gasteiger partial charge in [0, 0.05) is 16.7 Å². The van der Waals surface area contributed by atoms with Gasteiger partial charge in [0.2, 0.25) is 6.29 Å². The van der Waals surface area contributed by atoms with E-state index in [1.807, 2.05) is 0 Å². The summed E-state index contributed by atoms with van der Waals surface area (Å²) in [6.45, 7) is -0.589. The maximum atomic E-state index is 12.8.